The minimum absolute atomic E-state index is 0.350. The Morgan fingerprint density at radius 1 is 1.32 bits per heavy atom. The molecule has 1 amide bonds. The fourth-order valence-corrected chi connectivity index (χ4v) is 3.09. The average Bonchev–Trinajstić information content (AvgIpc) is 2.73. The number of nitrogens with zero attached hydrogens (tertiary/aromatic N) is 3. The molecule has 1 atom stereocenters. The number of rotatable bonds is 7. The molecule has 1 unspecified atom stereocenters. The van der Waals surface area contributed by atoms with Crippen molar-refractivity contribution < 1.29 is 18.3 Å². The van der Waals surface area contributed by atoms with Crippen LogP contribution in [-0.2, 0) is 4.79 Å². The lowest BCUT2D eigenvalue weighted by molar-refractivity contribution is -0.125. The van der Waals surface area contributed by atoms with Crippen LogP contribution in [-0.4, -0.2) is 49.0 Å². The third-order valence-corrected chi connectivity index (χ3v) is 4.51. The van der Waals surface area contributed by atoms with Crippen LogP contribution in [0.5, 0.6) is 5.75 Å². The van der Waals surface area contributed by atoms with Gasteiger partial charge in [0.25, 0.3) is 6.43 Å². The van der Waals surface area contributed by atoms with Gasteiger partial charge in [-0.1, -0.05) is 0 Å². The summed E-state index contributed by atoms with van der Waals surface area (Å²) in [7, 11) is 1.61. The molecule has 1 aliphatic rings. The number of nitrogens with one attached hydrogen (secondary N) is 2. The first kappa shape index (κ1) is 19.8. The Morgan fingerprint density at radius 3 is 2.82 bits per heavy atom. The third kappa shape index (κ3) is 5.28. The van der Waals surface area contributed by atoms with Crippen molar-refractivity contribution in [2.75, 3.05) is 37.0 Å². The summed E-state index contributed by atoms with van der Waals surface area (Å²) in [5.74, 6) is 1.19. The van der Waals surface area contributed by atoms with E-state index >= 15 is 0 Å². The van der Waals surface area contributed by atoms with E-state index in [1.54, 1.807) is 19.4 Å². The van der Waals surface area contributed by atoms with E-state index in [0.29, 0.717) is 31.3 Å². The molecule has 1 aromatic carbocycles. The summed E-state index contributed by atoms with van der Waals surface area (Å²) in [5, 5.41) is 5.50. The van der Waals surface area contributed by atoms with Crippen LogP contribution in [0.15, 0.2) is 36.5 Å². The number of anilines is 3. The minimum atomic E-state index is -2.55. The van der Waals surface area contributed by atoms with E-state index < -0.39 is 13.0 Å². The second kappa shape index (κ2) is 9.29. The summed E-state index contributed by atoms with van der Waals surface area (Å²) in [6.45, 7) is 0.499. The largest absolute Gasteiger partial charge is 0.497 e. The van der Waals surface area contributed by atoms with E-state index in [1.165, 1.54) is 0 Å². The predicted molar refractivity (Wildman–Crippen MR) is 102 cm³/mol. The van der Waals surface area contributed by atoms with Crippen LogP contribution >= 0.6 is 0 Å². The van der Waals surface area contributed by atoms with Crippen molar-refractivity contribution in [2.45, 2.75) is 19.3 Å². The molecule has 0 spiro atoms. The number of benzene rings is 1. The lowest BCUT2D eigenvalue weighted by Crippen LogP contribution is -2.44. The first-order valence-corrected chi connectivity index (χ1v) is 9.10. The number of piperidine rings is 1. The van der Waals surface area contributed by atoms with Crippen molar-refractivity contribution >= 4 is 23.4 Å². The summed E-state index contributed by atoms with van der Waals surface area (Å²) >= 11 is 0. The van der Waals surface area contributed by atoms with Crippen molar-refractivity contribution in [1.82, 2.24) is 15.3 Å². The molecule has 28 heavy (non-hydrogen) atoms. The fraction of sp³-hybridized carbons (Fsp3) is 0.421. The zero-order valence-corrected chi connectivity index (χ0v) is 15.6. The number of ether oxygens (including phenoxy) is 1. The number of hydrogen-bond donors (Lipinski definition) is 2. The molecule has 0 radical (unpaired) electrons. The van der Waals surface area contributed by atoms with Crippen molar-refractivity contribution in [2.24, 2.45) is 5.92 Å². The highest BCUT2D eigenvalue weighted by Crippen LogP contribution is 2.23. The standard InChI is InChI=1S/C19H23F2N5O2/c1-28-15-6-4-14(5-7-15)24-17-8-9-22-19(25-17)26-10-2-3-13(12-26)18(27)23-11-16(20)21/h4-9,13,16H,2-3,10-12H2,1H3,(H,23,27)(H,22,24,25). The molecular formula is C19H23F2N5O2. The maximum atomic E-state index is 12.3. The summed E-state index contributed by atoms with van der Waals surface area (Å²) in [6.07, 6.45) is 0.531. The Bertz CT molecular complexity index is 788. The molecule has 9 heteroatoms. The zero-order chi connectivity index (χ0) is 19.9. The van der Waals surface area contributed by atoms with Crippen LogP contribution in [0.25, 0.3) is 0 Å². The Balaban J connectivity index is 1.64. The van der Waals surface area contributed by atoms with Gasteiger partial charge in [0, 0.05) is 25.0 Å². The van der Waals surface area contributed by atoms with Gasteiger partial charge in [-0.2, -0.15) is 4.98 Å². The van der Waals surface area contributed by atoms with E-state index in [1.807, 2.05) is 29.2 Å². The number of methoxy groups -OCH3 is 1. The predicted octanol–water partition coefficient (Wildman–Crippen LogP) is 2.83. The monoisotopic (exact) mass is 391 g/mol. The SMILES string of the molecule is COc1ccc(Nc2ccnc(N3CCCC(C(=O)NCC(F)F)C3)n2)cc1. The number of alkyl halides is 2. The third-order valence-electron chi connectivity index (χ3n) is 4.51. The van der Waals surface area contributed by atoms with E-state index in [9.17, 15) is 13.6 Å². The highest BCUT2D eigenvalue weighted by atomic mass is 19.3. The maximum absolute atomic E-state index is 12.3. The van der Waals surface area contributed by atoms with Gasteiger partial charge in [0.2, 0.25) is 11.9 Å². The van der Waals surface area contributed by atoms with E-state index in [-0.39, 0.29) is 11.8 Å². The number of carbonyl (C=O) groups is 1. The van der Waals surface area contributed by atoms with Gasteiger partial charge in [-0.25, -0.2) is 13.8 Å². The first-order valence-electron chi connectivity index (χ1n) is 9.10. The topological polar surface area (TPSA) is 79.4 Å². The Hall–Kier alpha value is -2.97. The molecule has 7 nitrogen and oxygen atoms in total. The summed E-state index contributed by atoms with van der Waals surface area (Å²) in [4.78, 5) is 22.8. The van der Waals surface area contributed by atoms with Gasteiger partial charge in [0.1, 0.15) is 11.6 Å². The van der Waals surface area contributed by atoms with Crippen molar-refractivity contribution in [1.29, 1.82) is 0 Å². The van der Waals surface area contributed by atoms with E-state index in [2.05, 4.69) is 20.6 Å². The Morgan fingerprint density at radius 2 is 2.11 bits per heavy atom. The molecule has 1 aliphatic heterocycles. The lowest BCUT2D eigenvalue weighted by atomic mass is 9.97. The number of amides is 1. The van der Waals surface area contributed by atoms with Gasteiger partial charge >= 0.3 is 0 Å². The normalized spacial score (nSPS) is 16.7. The highest BCUT2D eigenvalue weighted by Gasteiger charge is 2.27. The Labute approximate surface area is 162 Å². The number of hydrogen-bond acceptors (Lipinski definition) is 6. The molecule has 1 saturated heterocycles. The number of aromatic nitrogens is 2. The van der Waals surface area contributed by atoms with Crippen LogP contribution in [0.1, 0.15) is 12.8 Å². The zero-order valence-electron chi connectivity index (χ0n) is 15.6. The second-order valence-electron chi connectivity index (χ2n) is 6.52. The molecule has 0 bridgehead atoms. The molecule has 150 valence electrons. The van der Waals surface area contributed by atoms with Crippen LogP contribution in [0.4, 0.5) is 26.2 Å². The molecule has 2 heterocycles. The molecule has 0 saturated carbocycles. The summed E-state index contributed by atoms with van der Waals surface area (Å²) < 4.78 is 29.8. The summed E-state index contributed by atoms with van der Waals surface area (Å²) in [5.41, 5.74) is 0.855. The lowest BCUT2D eigenvalue weighted by Gasteiger charge is -2.32. The van der Waals surface area contributed by atoms with E-state index in [4.69, 9.17) is 4.74 Å². The molecule has 1 aromatic heterocycles. The molecular weight excluding hydrogens is 368 g/mol. The van der Waals surface area contributed by atoms with Crippen molar-refractivity contribution in [3.8, 4) is 5.75 Å². The number of halogens is 2. The Kier molecular flexibility index (Phi) is 6.57. The van der Waals surface area contributed by atoms with Gasteiger partial charge in [-0.3, -0.25) is 4.79 Å². The summed E-state index contributed by atoms with van der Waals surface area (Å²) in [6, 6.07) is 9.20. The van der Waals surface area contributed by atoms with Crippen LogP contribution in [0.3, 0.4) is 0 Å². The molecule has 2 N–H and O–H groups in total. The second-order valence-corrected chi connectivity index (χ2v) is 6.52. The van der Waals surface area contributed by atoms with Crippen LogP contribution in [0, 0.1) is 5.92 Å². The quantitative estimate of drug-likeness (QED) is 0.756. The fourth-order valence-electron chi connectivity index (χ4n) is 3.09. The van der Waals surface area contributed by atoms with E-state index in [0.717, 1.165) is 17.9 Å². The molecule has 0 aliphatic carbocycles. The maximum Gasteiger partial charge on any atom is 0.255 e. The van der Waals surface area contributed by atoms with Gasteiger partial charge in [-0.05, 0) is 43.2 Å². The smallest absolute Gasteiger partial charge is 0.255 e. The van der Waals surface area contributed by atoms with Gasteiger partial charge < -0.3 is 20.3 Å². The van der Waals surface area contributed by atoms with Crippen LogP contribution in [0.2, 0.25) is 0 Å². The van der Waals surface area contributed by atoms with Gasteiger partial charge in [0.15, 0.2) is 0 Å². The van der Waals surface area contributed by atoms with Crippen molar-refractivity contribution in [3.63, 3.8) is 0 Å². The minimum Gasteiger partial charge on any atom is -0.497 e. The van der Waals surface area contributed by atoms with Crippen LogP contribution < -0.4 is 20.3 Å². The van der Waals surface area contributed by atoms with Gasteiger partial charge in [0.05, 0.1) is 19.6 Å². The molecule has 2 aromatic rings. The number of carbonyl (C=O) groups excluding carboxylic acids is 1. The van der Waals surface area contributed by atoms with Crippen molar-refractivity contribution in [3.05, 3.63) is 36.5 Å². The van der Waals surface area contributed by atoms with Gasteiger partial charge in [-0.15, -0.1) is 0 Å². The molecule has 3 rings (SSSR count). The highest BCUT2D eigenvalue weighted by molar-refractivity contribution is 5.79. The molecule has 1 fully saturated rings. The average molecular weight is 391 g/mol. The first-order chi connectivity index (χ1) is 13.5.